The maximum absolute atomic E-state index is 6.30. The van der Waals surface area contributed by atoms with E-state index < -0.39 is 0 Å². The lowest BCUT2D eigenvalue weighted by Gasteiger charge is -2.42. The van der Waals surface area contributed by atoms with Gasteiger partial charge in [0.1, 0.15) is 0 Å². The van der Waals surface area contributed by atoms with Crippen LogP contribution in [0.2, 0.25) is 0 Å². The highest BCUT2D eigenvalue weighted by Gasteiger charge is 2.35. The lowest BCUT2D eigenvalue weighted by atomic mass is 9.72. The van der Waals surface area contributed by atoms with Crippen molar-refractivity contribution in [1.82, 2.24) is 24.4 Å². The number of anilines is 3. The first kappa shape index (κ1) is 19.6. The minimum Gasteiger partial charge on any atom is -0.368 e. The maximum atomic E-state index is 6.30. The van der Waals surface area contributed by atoms with Gasteiger partial charge in [-0.2, -0.15) is 10.1 Å². The summed E-state index contributed by atoms with van der Waals surface area (Å²) < 4.78 is 3.58. The van der Waals surface area contributed by atoms with Crippen LogP contribution in [0.4, 0.5) is 17.3 Å². The molecule has 1 aliphatic rings. The van der Waals surface area contributed by atoms with E-state index in [1.807, 2.05) is 30.0 Å². The minimum absolute atomic E-state index is 0.0377. The molecule has 0 radical (unpaired) electrons. The van der Waals surface area contributed by atoms with Gasteiger partial charge in [0.05, 0.1) is 17.6 Å². The van der Waals surface area contributed by atoms with Crippen LogP contribution in [-0.2, 0) is 12.5 Å². The molecule has 0 atom stereocenters. The second kappa shape index (κ2) is 7.70. The summed E-state index contributed by atoms with van der Waals surface area (Å²) in [5, 5.41) is 12.0. The molecule has 0 bridgehead atoms. The lowest BCUT2D eigenvalue weighted by Crippen LogP contribution is -2.47. The molecular weight excluding hydrogens is 388 g/mol. The number of benzene rings is 1. The number of pyridine rings is 1. The number of aryl methyl sites for hydroxylation is 2. The van der Waals surface area contributed by atoms with Gasteiger partial charge in [-0.15, -0.1) is 5.10 Å². The zero-order valence-electron chi connectivity index (χ0n) is 18.0. The molecule has 0 aliphatic carbocycles. The number of aromatic nitrogens is 5. The Hall–Kier alpha value is -3.39. The zero-order chi connectivity index (χ0) is 21.4. The van der Waals surface area contributed by atoms with Crippen molar-refractivity contribution in [1.29, 1.82) is 0 Å². The van der Waals surface area contributed by atoms with Gasteiger partial charge in [-0.3, -0.25) is 4.68 Å². The van der Waals surface area contributed by atoms with Gasteiger partial charge in [0.2, 0.25) is 5.95 Å². The van der Waals surface area contributed by atoms with E-state index in [1.54, 1.807) is 10.9 Å². The van der Waals surface area contributed by atoms with Crippen molar-refractivity contribution in [2.45, 2.75) is 25.2 Å². The van der Waals surface area contributed by atoms with Gasteiger partial charge in [0, 0.05) is 44.5 Å². The fourth-order valence-electron chi connectivity index (χ4n) is 4.50. The summed E-state index contributed by atoms with van der Waals surface area (Å²) in [5.74, 6) is 0.563. The number of rotatable bonds is 5. The van der Waals surface area contributed by atoms with Gasteiger partial charge in [-0.25, -0.2) is 4.52 Å². The van der Waals surface area contributed by atoms with Crippen molar-refractivity contribution in [3.63, 3.8) is 0 Å². The molecule has 3 aromatic heterocycles. The monoisotopic (exact) mass is 416 g/mol. The summed E-state index contributed by atoms with van der Waals surface area (Å²) in [6, 6.07) is 13.0. The van der Waals surface area contributed by atoms with E-state index in [-0.39, 0.29) is 5.41 Å². The van der Waals surface area contributed by atoms with Gasteiger partial charge in [-0.05, 0) is 37.5 Å². The second-order valence-electron chi connectivity index (χ2n) is 8.46. The normalized spacial score (nSPS) is 16.0. The van der Waals surface area contributed by atoms with Crippen LogP contribution >= 0.6 is 0 Å². The summed E-state index contributed by atoms with van der Waals surface area (Å²) in [4.78, 5) is 7.16. The Morgan fingerprint density at radius 3 is 2.58 bits per heavy atom. The van der Waals surface area contributed by atoms with Gasteiger partial charge in [0.15, 0.2) is 5.65 Å². The fourth-order valence-corrected chi connectivity index (χ4v) is 4.50. The first-order valence-electron chi connectivity index (χ1n) is 10.7. The van der Waals surface area contributed by atoms with Crippen LogP contribution in [0.25, 0.3) is 5.65 Å². The van der Waals surface area contributed by atoms with Gasteiger partial charge in [0.25, 0.3) is 0 Å². The van der Waals surface area contributed by atoms with E-state index in [9.17, 15) is 0 Å². The fraction of sp³-hybridized carbons (Fsp3) is 0.348. The third kappa shape index (κ3) is 3.63. The molecule has 4 heterocycles. The van der Waals surface area contributed by atoms with E-state index in [1.165, 1.54) is 11.1 Å². The molecule has 0 saturated carbocycles. The van der Waals surface area contributed by atoms with E-state index in [0.29, 0.717) is 12.5 Å². The van der Waals surface area contributed by atoms with Crippen LogP contribution in [0.3, 0.4) is 0 Å². The number of nitrogens with zero attached hydrogens (tertiary/aromatic N) is 6. The van der Waals surface area contributed by atoms with E-state index >= 15 is 0 Å². The third-order valence-electron chi connectivity index (χ3n) is 6.42. The molecule has 4 aromatic rings. The molecule has 31 heavy (non-hydrogen) atoms. The summed E-state index contributed by atoms with van der Waals surface area (Å²) in [7, 11) is 1.88. The average molecular weight is 417 g/mol. The van der Waals surface area contributed by atoms with Crippen LogP contribution in [0.5, 0.6) is 0 Å². The van der Waals surface area contributed by atoms with Crippen LogP contribution in [-0.4, -0.2) is 44.0 Å². The molecule has 1 aliphatic heterocycles. The number of piperidine rings is 1. The number of hydrogen-bond donors (Lipinski definition) is 2. The third-order valence-corrected chi connectivity index (χ3v) is 6.42. The van der Waals surface area contributed by atoms with Gasteiger partial charge >= 0.3 is 0 Å². The lowest BCUT2D eigenvalue weighted by molar-refractivity contribution is 0.340. The van der Waals surface area contributed by atoms with Crippen molar-refractivity contribution in [3.8, 4) is 0 Å². The Morgan fingerprint density at radius 1 is 1.13 bits per heavy atom. The summed E-state index contributed by atoms with van der Waals surface area (Å²) in [6.07, 6.45) is 7.62. The van der Waals surface area contributed by atoms with Crippen molar-refractivity contribution < 1.29 is 0 Å². The molecule has 8 heteroatoms. The largest absolute Gasteiger partial charge is 0.368 e. The second-order valence-corrected chi connectivity index (χ2v) is 8.46. The quantitative estimate of drug-likeness (QED) is 0.520. The molecule has 3 N–H and O–H groups in total. The predicted octanol–water partition coefficient (Wildman–Crippen LogP) is 3.01. The Morgan fingerprint density at radius 2 is 1.90 bits per heavy atom. The Kier molecular flexibility index (Phi) is 4.86. The number of fused-ring (bicyclic) bond motifs is 1. The van der Waals surface area contributed by atoms with Crippen LogP contribution in [0.1, 0.15) is 24.0 Å². The SMILES string of the molecule is Cc1ccc(C2(CN)CCN(c3cccn4nc(Nc5cnn(C)c5)nc34)CC2)cc1. The van der Waals surface area contributed by atoms with Crippen LogP contribution in [0.15, 0.2) is 55.0 Å². The molecule has 0 spiro atoms. The maximum Gasteiger partial charge on any atom is 0.247 e. The summed E-state index contributed by atoms with van der Waals surface area (Å²) in [6.45, 7) is 4.66. The highest BCUT2D eigenvalue weighted by molar-refractivity contribution is 5.71. The molecule has 160 valence electrons. The number of hydrogen-bond acceptors (Lipinski definition) is 6. The van der Waals surface area contributed by atoms with Gasteiger partial charge in [-0.1, -0.05) is 29.8 Å². The average Bonchev–Trinajstić information content (AvgIpc) is 3.39. The molecule has 8 nitrogen and oxygen atoms in total. The highest BCUT2D eigenvalue weighted by atomic mass is 15.4. The Bertz CT molecular complexity index is 1180. The summed E-state index contributed by atoms with van der Waals surface area (Å²) >= 11 is 0. The first-order valence-corrected chi connectivity index (χ1v) is 10.7. The van der Waals surface area contributed by atoms with Crippen molar-refractivity contribution in [3.05, 3.63) is 66.1 Å². The standard InChI is InChI=1S/C23H28N8/c1-17-5-7-18(8-6-17)23(16-24)9-12-30(13-10-23)20-4-3-11-31-21(20)27-22(28-31)26-19-14-25-29(2)15-19/h3-8,11,14-15H,9-10,12-13,16,24H2,1-2H3,(H,26,28). The van der Waals surface area contributed by atoms with Crippen molar-refractivity contribution in [2.24, 2.45) is 12.8 Å². The summed E-state index contributed by atoms with van der Waals surface area (Å²) in [5.41, 5.74) is 11.8. The molecule has 1 aromatic carbocycles. The Labute approximate surface area is 181 Å². The smallest absolute Gasteiger partial charge is 0.247 e. The molecule has 1 fully saturated rings. The van der Waals surface area contributed by atoms with Crippen LogP contribution < -0.4 is 16.0 Å². The minimum atomic E-state index is 0.0377. The van der Waals surface area contributed by atoms with E-state index in [2.05, 4.69) is 57.7 Å². The molecule has 0 amide bonds. The predicted molar refractivity (Wildman–Crippen MR) is 123 cm³/mol. The van der Waals surface area contributed by atoms with E-state index in [4.69, 9.17) is 10.7 Å². The topological polar surface area (TPSA) is 89.3 Å². The van der Waals surface area contributed by atoms with Crippen molar-refractivity contribution >= 4 is 23.0 Å². The zero-order valence-corrected chi connectivity index (χ0v) is 18.0. The first-order chi connectivity index (χ1) is 15.1. The van der Waals surface area contributed by atoms with Crippen LogP contribution in [0, 0.1) is 6.92 Å². The number of nitrogens with two attached hydrogens (primary N) is 1. The molecule has 1 saturated heterocycles. The van der Waals surface area contributed by atoms with E-state index in [0.717, 1.165) is 43.0 Å². The molecule has 5 rings (SSSR count). The number of nitrogens with one attached hydrogen (secondary N) is 1. The van der Waals surface area contributed by atoms with Crippen molar-refractivity contribution in [2.75, 3.05) is 29.9 Å². The molecule has 0 unspecified atom stereocenters. The Balaban J connectivity index is 1.38. The molecular formula is C23H28N8. The van der Waals surface area contributed by atoms with Gasteiger partial charge < -0.3 is 16.0 Å². The highest BCUT2D eigenvalue weighted by Crippen LogP contribution is 2.37.